The lowest BCUT2D eigenvalue weighted by molar-refractivity contribution is 0.0827. The molecule has 6 nitrogen and oxygen atoms in total. The van der Waals surface area contributed by atoms with Gasteiger partial charge in [-0.2, -0.15) is 0 Å². The van der Waals surface area contributed by atoms with Gasteiger partial charge in [0.2, 0.25) is 0 Å². The topological polar surface area (TPSA) is 66.9 Å². The van der Waals surface area contributed by atoms with Crippen LogP contribution >= 0.6 is 11.6 Å². The minimum atomic E-state index is -3.99. The van der Waals surface area contributed by atoms with E-state index in [-0.39, 0.29) is 27.9 Å². The van der Waals surface area contributed by atoms with Gasteiger partial charge in [0.25, 0.3) is 15.9 Å². The van der Waals surface area contributed by atoms with Crippen LogP contribution in [-0.2, 0) is 10.0 Å². The summed E-state index contributed by atoms with van der Waals surface area (Å²) in [5.74, 6) is 0.0195. The van der Waals surface area contributed by atoms with E-state index < -0.39 is 10.0 Å². The van der Waals surface area contributed by atoms with Crippen molar-refractivity contribution in [2.45, 2.75) is 4.90 Å². The summed E-state index contributed by atoms with van der Waals surface area (Å²) in [4.78, 5) is 13.6. The number of para-hydroxylation sites is 2. The van der Waals surface area contributed by atoms with Crippen molar-refractivity contribution in [1.29, 1.82) is 0 Å². The Kier molecular flexibility index (Phi) is 6.51. The number of methoxy groups -OCH3 is 1. The van der Waals surface area contributed by atoms with E-state index in [4.69, 9.17) is 16.3 Å². The first-order valence-corrected chi connectivity index (χ1v) is 9.83. The SMILES string of the molecule is C=CCN(c1ccccc1OC)S(=O)(=O)c1ccc(Cl)c(C(=O)N(C)C)c1. The summed E-state index contributed by atoms with van der Waals surface area (Å²) in [7, 11) is 0.608. The van der Waals surface area contributed by atoms with Crippen LogP contribution in [0.15, 0.2) is 60.0 Å². The van der Waals surface area contributed by atoms with E-state index in [1.165, 1.54) is 40.6 Å². The lowest BCUT2D eigenvalue weighted by Crippen LogP contribution is -2.32. The Morgan fingerprint density at radius 1 is 1.22 bits per heavy atom. The maximum Gasteiger partial charge on any atom is 0.264 e. The van der Waals surface area contributed by atoms with Crippen molar-refractivity contribution in [2.75, 3.05) is 32.1 Å². The molecule has 2 aromatic rings. The monoisotopic (exact) mass is 408 g/mol. The summed E-state index contributed by atoms with van der Waals surface area (Å²) >= 11 is 6.10. The molecule has 1 amide bonds. The second-order valence-electron chi connectivity index (χ2n) is 5.84. The highest BCUT2D eigenvalue weighted by Crippen LogP contribution is 2.33. The first-order valence-electron chi connectivity index (χ1n) is 8.02. The summed E-state index contributed by atoms with van der Waals surface area (Å²) in [5.41, 5.74) is 0.483. The molecule has 0 saturated heterocycles. The molecule has 0 aliphatic carbocycles. The third-order valence-corrected chi connectivity index (χ3v) is 5.92. The standard InChI is InChI=1S/C19H21ClN2O4S/c1-5-12-22(17-8-6-7-9-18(17)26-4)27(24,25)14-10-11-16(20)15(13-14)19(23)21(2)3/h5-11,13H,1,12H2,2-4H3. The van der Waals surface area contributed by atoms with E-state index in [0.29, 0.717) is 11.4 Å². The summed E-state index contributed by atoms with van der Waals surface area (Å²) in [6.07, 6.45) is 1.48. The van der Waals surface area contributed by atoms with Gasteiger partial charge in [0.15, 0.2) is 0 Å². The molecule has 0 radical (unpaired) electrons. The highest BCUT2D eigenvalue weighted by molar-refractivity contribution is 7.92. The zero-order valence-corrected chi connectivity index (χ0v) is 16.9. The second-order valence-corrected chi connectivity index (χ2v) is 8.11. The average Bonchev–Trinajstić information content (AvgIpc) is 2.65. The summed E-state index contributed by atoms with van der Waals surface area (Å²) in [6.45, 7) is 3.67. The van der Waals surface area contributed by atoms with Crippen molar-refractivity contribution in [2.24, 2.45) is 0 Å². The number of ether oxygens (including phenoxy) is 1. The van der Waals surface area contributed by atoms with Crippen LogP contribution in [0.2, 0.25) is 5.02 Å². The Labute approximate surface area is 164 Å². The van der Waals surface area contributed by atoms with Gasteiger partial charge in [0.05, 0.1) is 34.8 Å². The molecule has 2 aromatic carbocycles. The predicted octanol–water partition coefficient (Wildman–Crippen LogP) is 3.43. The van der Waals surface area contributed by atoms with E-state index in [1.807, 2.05) is 0 Å². The molecule has 0 unspecified atom stereocenters. The number of benzene rings is 2. The lowest BCUT2D eigenvalue weighted by atomic mass is 10.2. The molecule has 144 valence electrons. The number of halogens is 1. The lowest BCUT2D eigenvalue weighted by Gasteiger charge is -2.25. The molecular formula is C19H21ClN2O4S. The number of carbonyl (C=O) groups excluding carboxylic acids is 1. The Morgan fingerprint density at radius 2 is 1.89 bits per heavy atom. The molecule has 0 bridgehead atoms. The number of hydrogen-bond acceptors (Lipinski definition) is 4. The van der Waals surface area contributed by atoms with Crippen LogP contribution < -0.4 is 9.04 Å². The number of rotatable bonds is 7. The molecule has 0 spiro atoms. The molecule has 8 heteroatoms. The Bertz CT molecular complexity index is 958. The predicted molar refractivity (Wildman–Crippen MR) is 107 cm³/mol. The minimum absolute atomic E-state index is 0.0301. The third-order valence-electron chi connectivity index (χ3n) is 3.81. The fraction of sp³-hybridized carbons (Fsp3) is 0.211. The zero-order chi connectivity index (χ0) is 20.2. The molecule has 27 heavy (non-hydrogen) atoms. The van der Waals surface area contributed by atoms with Gasteiger partial charge in [-0.05, 0) is 30.3 Å². The molecule has 0 aliphatic heterocycles. The Hall–Kier alpha value is -2.51. The van der Waals surface area contributed by atoms with Gasteiger partial charge in [-0.1, -0.05) is 29.8 Å². The number of sulfonamides is 1. The summed E-state index contributed by atoms with van der Waals surface area (Å²) in [6, 6.07) is 10.8. The van der Waals surface area contributed by atoms with Gasteiger partial charge >= 0.3 is 0 Å². The summed E-state index contributed by atoms with van der Waals surface area (Å²) in [5, 5.41) is 0.181. The van der Waals surface area contributed by atoms with Crippen LogP contribution in [0.25, 0.3) is 0 Å². The van der Waals surface area contributed by atoms with Crippen LogP contribution in [0.1, 0.15) is 10.4 Å². The molecular weight excluding hydrogens is 388 g/mol. The van der Waals surface area contributed by atoms with E-state index >= 15 is 0 Å². The molecule has 0 heterocycles. The number of hydrogen-bond donors (Lipinski definition) is 0. The minimum Gasteiger partial charge on any atom is -0.495 e. The second kappa shape index (κ2) is 8.45. The maximum absolute atomic E-state index is 13.3. The molecule has 0 atom stereocenters. The van der Waals surface area contributed by atoms with E-state index in [1.54, 1.807) is 38.4 Å². The number of anilines is 1. The normalized spacial score (nSPS) is 11.0. The van der Waals surface area contributed by atoms with Crippen molar-refractivity contribution in [3.63, 3.8) is 0 Å². The van der Waals surface area contributed by atoms with Crippen LogP contribution in [-0.4, -0.2) is 47.0 Å². The third kappa shape index (κ3) is 4.26. The fourth-order valence-corrected chi connectivity index (χ4v) is 4.15. The van der Waals surface area contributed by atoms with E-state index in [0.717, 1.165) is 0 Å². The van der Waals surface area contributed by atoms with Crippen LogP contribution in [0, 0.1) is 0 Å². The first kappa shape index (κ1) is 20.8. The molecule has 0 fully saturated rings. The van der Waals surface area contributed by atoms with E-state index in [2.05, 4.69) is 6.58 Å². The first-order chi connectivity index (χ1) is 12.7. The smallest absolute Gasteiger partial charge is 0.264 e. The molecule has 0 N–H and O–H groups in total. The molecule has 0 aromatic heterocycles. The number of nitrogens with zero attached hydrogens (tertiary/aromatic N) is 2. The fourth-order valence-electron chi connectivity index (χ4n) is 2.48. The van der Waals surface area contributed by atoms with Gasteiger partial charge in [0.1, 0.15) is 5.75 Å². The highest BCUT2D eigenvalue weighted by atomic mass is 35.5. The highest BCUT2D eigenvalue weighted by Gasteiger charge is 2.28. The van der Waals surface area contributed by atoms with Gasteiger partial charge in [0, 0.05) is 14.1 Å². The molecule has 0 aliphatic rings. The molecule has 2 rings (SSSR count). The van der Waals surface area contributed by atoms with Crippen LogP contribution in [0.3, 0.4) is 0 Å². The van der Waals surface area contributed by atoms with Crippen molar-refractivity contribution in [1.82, 2.24) is 4.90 Å². The van der Waals surface area contributed by atoms with Crippen molar-refractivity contribution in [3.05, 3.63) is 65.7 Å². The van der Waals surface area contributed by atoms with Crippen molar-refractivity contribution in [3.8, 4) is 5.75 Å². The largest absolute Gasteiger partial charge is 0.495 e. The Morgan fingerprint density at radius 3 is 2.48 bits per heavy atom. The van der Waals surface area contributed by atoms with E-state index in [9.17, 15) is 13.2 Å². The van der Waals surface area contributed by atoms with Gasteiger partial charge in [-0.15, -0.1) is 6.58 Å². The average molecular weight is 409 g/mol. The molecule has 0 saturated carbocycles. The van der Waals surface area contributed by atoms with Gasteiger partial charge < -0.3 is 9.64 Å². The van der Waals surface area contributed by atoms with Crippen molar-refractivity contribution < 1.29 is 17.9 Å². The number of amides is 1. The van der Waals surface area contributed by atoms with Crippen LogP contribution in [0.5, 0.6) is 5.75 Å². The number of carbonyl (C=O) groups is 1. The Balaban J connectivity index is 2.62. The van der Waals surface area contributed by atoms with Crippen LogP contribution in [0.4, 0.5) is 5.69 Å². The van der Waals surface area contributed by atoms with Gasteiger partial charge in [-0.3, -0.25) is 9.10 Å². The zero-order valence-electron chi connectivity index (χ0n) is 15.3. The summed E-state index contributed by atoms with van der Waals surface area (Å²) < 4.78 is 33.1. The van der Waals surface area contributed by atoms with Crippen molar-refractivity contribution >= 4 is 33.2 Å². The maximum atomic E-state index is 13.3. The van der Waals surface area contributed by atoms with Gasteiger partial charge in [-0.25, -0.2) is 8.42 Å². The quantitative estimate of drug-likeness (QED) is 0.658.